The van der Waals surface area contributed by atoms with Gasteiger partial charge < -0.3 is 15.4 Å². The van der Waals surface area contributed by atoms with E-state index in [9.17, 15) is 9.59 Å². The highest BCUT2D eigenvalue weighted by Gasteiger charge is 2.20. The summed E-state index contributed by atoms with van der Waals surface area (Å²) in [5.41, 5.74) is 2.82. The number of hydrogen-bond acceptors (Lipinski definition) is 4. The molecular formula is C13H16N2O3. The van der Waals surface area contributed by atoms with Crippen molar-refractivity contribution < 1.29 is 14.3 Å². The van der Waals surface area contributed by atoms with Crippen LogP contribution < -0.4 is 10.6 Å². The lowest BCUT2D eigenvalue weighted by molar-refractivity contribution is -0.141. The van der Waals surface area contributed by atoms with E-state index < -0.39 is 0 Å². The van der Waals surface area contributed by atoms with Crippen LogP contribution in [0.1, 0.15) is 23.6 Å². The Bertz CT molecular complexity index is 485. The van der Waals surface area contributed by atoms with Gasteiger partial charge in [-0.25, -0.2) is 0 Å². The van der Waals surface area contributed by atoms with Gasteiger partial charge >= 0.3 is 5.97 Å². The number of ether oxygens (including phenoxy) is 1. The Morgan fingerprint density at radius 2 is 2.33 bits per heavy atom. The number of carbonyl (C=O) groups excluding carboxylic acids is 2. The second kappa shape index (κ2) is 5.18. The number of rotatable bonds is 4. The Kier molecular flexibility index (Phi) is 3.62. The summed E-state index contributed by atoms with van der Waals surface area (Å²) in [6.45, 7) is 0. The largest absolute Gasteiger partial charge is 0.469 e. The smallest absolute Gasteiger partial charge is 0.307 e. The predicted molar refractivity (Wildman–Crippen MR) is 67.2 cm³/mol. The molecule has 0 aliphatic carbocycles. The Hall–Kier alpha value is -1.88. The topological polar surface area (TPSA) is 67.4 Å². The lowest BCUT2D eigenvalue weighted by Crippen LogP contribution is -2.20. The molecule has 0 fully saturated rings. The molecule has 0 radical (unpaired) electrons. The van der Waals surface area contributed by atoms with Gasteiger partial charge in [0.05, 0.1) is 20.0 Å². The molecule has 5 nitrogen and oxygen atoms in total. The van der Waals surface area contributed by atoms with E-state index in [2.05, 4.69) is 15.4 Å². The zero-order chi connectivity index (χ0) is 13.1. The zero-order valence-electron chi connectivity index (χ0n) is 10.4. The number of nitrogens with one attached hydrogen (secondary N) is 2. The summed E-state index contributed by atoms with van der Waals surface area (Å²) < 4.78 is 4.67. The number of esters is 1. The van der Waals surface area contributed by atoms with Crippen molar-refractivity contribution in [2.24, 2.45) is 0 Å². The summed E-state index contributed by atoms with van der Waals surface area (Å²) in [6, 6.07) is 5.64. The third-order valence-corrected chi connectivity index (χ3v) is 3.10. The van der Waals surface area contributed by atoms with Crippen molar-refractivity contribution >= 4 is 17.6 Å². The summed E-state index contributed by atoms with van der Waals surface area (Å²) in [4.78, 5) is 22.6. The van der Waals surface area contributed by atoms with Crippen LogP contribution in [-0.4, -0.2) is 26.0 Å². The fourth-order valence-corrected chi connectivity index (χ4v) is 2.10. The summed E-state index contributed by atoms with van der Waals surface area (Å²) >= 11 is 0. The van der Waals surface area contributed by atoms with E-state index in [0.717, 1.165) is 16.8 Å². The lowest BCUT2D eigenvalue weighted by atomic mass is 10.00. The average Bonchev–Trinajstić information content (AvgIpc) is 2.74. The molecule has 5 heteroatoms. The Morgan fingerprint density at radius 1 is 1.56 bits per heavy atom. The molecule has 18 heavy (non-hydrogen) atoms. The molecule has 1 aromatic rings. The first-order valence-corrected chi connectivity index (χ1v) is 5.80. The molecule has 1 amide bonds. The number of benzene rings is 1. The second-order valence-electron chi connectivity index (χ2n) is 4.26. The van der Waals surface area contributed by atoms with E-state index in [1.54, 1.807) is 7.05 Å². The van der Waals surface area contributed by atoms with E-state index in [0.29, 0.717) is 6.42 Å². The highest BCUT2D eigenvalue weighted by molar-refractivity contribution is 5.99. The summed E-state index contributed by atoms with van der Waals surface area (Å²) in [6.07, 6.45) is 0.672. The van der Waals surface area contributed by atoms with Crippen LogP contribution in [0.5, 0.6) is 0 Å². The van der Waals surface area contributed by atoms with Gasteiger partial charge in [0.25, 0.3) is 0 Å². The van der Waals surface area contributed by atoms with E-state index in [1.807, 2.05) is 18.2 Å². The second-order valence-corrected chi connectivity index (χ2v) is 4.26. The molecule has 1 aliphatic rings. The summed E-state index contributed by atoms with van der Waals surface area (Å²) in [7, 11) is 3.17. The average molecular weight is 248 g/mol. The maximum absolute atomic E-state index is 11.3. The van der Waals surface area contributed by atoms with E-state index >= 15 is 0 Å². The molecule has 1 atom stereocenters. The van der Waals surface area contributed by atoms with Crippen LogP contribution in [0.2, 0.25) is 0 Å². The summed E-state index contributed by atoms with van der Waals surface area (Å²) in [5, 5.41) is 5.86. The van der Waals surface area contributed by atoms with Gasteiger partial charge in [0, 0.05) is 11.7 Å². The molecule has 0 saturated heterocycles. The molecule has 0 aromatic heterocycles. The number of anilines is 1. The molecule has 1 aliphatic heterocycles. The van der Waals surface area contributed by atoms with Crippen molar-refractivity contribution in [3.8, 4) is 0 Å². The standard InChI is InChI=1S/C13H16N2O3/c1-14-11(7-13(17)18-2)8-3-4-10-9(5-8)6-12(16)15-10/h3-5,11,14H,6-7H2,1-2H3,(H,15,16). The first-order valence-electron chi connectivity index (χ1n) is 5.80. The fourth-order valence-electron chi connectivity index (χ4n) is 2.10. The number of carbonyl (C=O) groups is 2. The number of hydrogen-bond donors (Lipinski definition) is 2. The van der Waals surface area contributed by atoms with Crippen LogP contribution in [0.4, 0.5) is 5.69 Å². The quantitative estimate of drug-likeness (QED) is 0.780. The lowest BCUT2D eigenvalue weighted by Gasteiger charge is -2.16. The van der Waals surface area contributed by atoms with Crippen molar-refractivity contribution in [3.05, 3.63) is 29.3 Å². The van der Waals surface area contributed by atoms with Gasteiger partial charge in [0.1, 0.15) is 0 Å². The molecule has 1 aromatic carbocycles. The summed E-state index contributed by atoms with van der Waals surface area (Å²) in [5.74, 6) is -0.250. The number of methoxy groups -OCH3 is 1. The molecule has 0 bridgehead atoms. The van der Waals surface area contributed by atoms with Crippen LogP contribution in [0.3, 0.4) is 0 Å². The molecule has 2 rings (SSSR count). The minimum absolute atomic E-state index is 0.0103. The first kappa shape index (κ1) is 12.6. The van der Waals surface area contributed by atoms with Crippen molar-refractivity contribution in [1.29, 1.82) is 0 Å². The van der Waals surface area contributed by atoms with Crippen LogP contribution in [0, 0.1) is 0 Å². The highest BCUT2D eigenvalue weighted by Crippen LogP contribution is 2.27. The Labute approximate surface area is 106 Å². The van der Waals surface area contributed by atoms with Crippen LogP contribution in [-0.2, 0) is 20.7 Å². The van der Waals surface area contributed by atoms with Gasteiger partial charge in [-0.15, -0.1) is 0 Å². The van der Waals surface area contributed by atoms with Gasteiger partial charge in [-0.05, 0) is 24.2 Å². The van der Waals surface area contributed by atoms with Gasteiger partial charge in [0.2, 0.25) is 5.91 Å². The molecule has 1 unspecified atom stereocenters. The maximum Gasteiger partial charge on any atom is 0.307 e. The number of amides is 1. The third-order valence-electron chi connectivity index (χ3n) is 3.10. The van der Waals surface area contributed by atoms with Crippen LogP contribution >= 0.6 is 0 Å². The van der Waals surface area contributed by atoms with Crippen molar-refractivity contribution in [1.82, 2.24) is 5.32 Å². The van der Waals surface area contributed by atoms with Crippen molar-refractivity contribution in [3.63, 3.8) is 0 Å². The molecule has 0 spiro atoms. The minimum Gasteiger partial charge on any atom is -0.469 e. The van der Waals surface area contributed by atoms with Crippen molar-refractivity contribution in [2.45, 2.75) is 18.9 Å². The molecule has 96 valence electrons. The third kappa shape index (κ3) is 2.51. The highest BCUT2D eigenvalue weighted by atomic mass is 16.5. The van der Waals surface area contributed by atoms with E-state index in [4.69, 9.17) is 0 Å². The zero-order valence-corrected chi connectivity index (χ0v) is 10.4. The molecule has 1 heterocycles. The SMILES string of the molecule is CNC(CC(=O)OC)c1ccc2c(c1)CC(=O)N2. The predicted octanol–water partition coefficient (Wildman–Crippen LogP) is 1.00. The maximum atomic E-state index is 11.3. The van der Waals surface area contributed by atoms with Gasteiger partial charge in [-0.1, -0.05) is 12.1 Å². The van der Waals surface area contributed by atoms with Crippen LogP contribution in [0.15, 0.2) is 18.2 Å². The van der Waals surface area contributed by atoms with Gasteiger partial charge in [-0.3, -0.25) is 9.59 Å². The first-order chi connectivity index (χ1) is 8.63. The Balaban J connectivity index is 2.20. The Morgan fingerprint density at radius 3 is 3.00 bits per heavy atom. The normalized spacial score (nSPS) is 14.9. The minimum atomic E-state index is -0.260. The molecule has 2 N–H and O–H groups in total. The molecular weight excluding hydrogens is 232 g/mol. The fraction of sp³-hybridized carbons (Fsp3) is 0.385. The van der Waals surface area contributed by atoms with Gasteiger partial charge in [0.15, 0.2) is 0 Å². The van der Waals surface area contributed by atoms with Crippen molar-refractivity contribution in [2.75, 3.05) is 19.5 Å². The van der Waals surface area contributed by atoms with Crippen LogP contribution in [0.25, 0.3) is 0 Å². The van der Waals surface area contributed by atoms with E-state index in [1.165, 1.54) is 7.11 Å². The monoisotopic (exact) mass is 248 g/mol. The number of fused-ring (bicyclic) bond motifs is 1. The van der Waals surface area contributed by atoms with E-state index in [-0.39, 0.29) is 24.3 Å². The molecule has 0 saturated carbocycles. The van der Waals surface area contributed by atoms with Gasteiger partial charge in [-0.2, -0.15) is 0 Å².